The Kier molecular flexibility index (Phi) is 21.5. The number of aromatic nitrogens is 2. The van der Waals surface area contributed by atoms with Crippen LogP contribution in [0.2, 0.25) is 0 Å². The van der Waals surface area contributed by atoms with Crippen LogP contribution >= 0.6 is 0 Å². The third-order valence-corrected chi connectivity index (χ3v) is 8.69. The Balaban J connectivity index is -0.000000581. The number of anilines is 1. The molecule has 3 nitrogen and oxygen atoms in total. The fourth-order valence-electron chi connectivity index (χ4n) is 5.31. The molecule has 1 aliphatic heterocycles. The van der Waals surface area contributed by atoms with Crippen molar-refractivity contribution >= 4 is 56.1 Å². The van der Waals surface area contributed by atoms with Gasteiger partial charge in [0, 0.05) is 40.0 Å². The number of hydrogen-bond donors (Lipinski definition) is 1. The largest absolute Gasteiger partial charge is 2.00 e. The molecule has 0 amide bonds. The van der Waals surface area contributed by atoms with E-state index in [4.69, 9.17) is 0 Å². The topological polar surface area (TPSA) is 37.8 Å². The third-order valence-electron chi connectivity index (χ3n) is 8.69. The number of benzene rings is 3. The number of nitrogens with one attached hydrogen (secondary N) is 1. The van der Waals surface area contributed by atoms with Gasteiger partial charge in [-0.3, -0.25) is 9.97 Å². The van der Waals surface area contributed by atoms with Crippen LogP contribution in [0.5, 0.6) is 0 Å². The van der Waals surface area contributed by atoms with Gasteiger partial charge in [-0.15, -0.1) is 0 Å². The first-order chi connectivity index (χ1) is 19.4. The number of fused-ring (bicyclic) bond motifs is 3. The number of nitrogens with zero attached hydrogens (tertiary/aromatic N) is 2. The average Bonchev–Trinajstić information content (AvgIpc) is 2.93. The number of hydrogen-bond acceptors (Lipinski definition) is 3. The van der Waals surface area contributed by atoms with Crippen molar-refractivity contribution in [2.24, 2.45) is 0 Å². The SMILES string of the molecule is C.CC1=C(C)C(C)Nc2cc(C)ccc21.Cc1ccc2c(C)c(C)c(C)nc2c1.Cc1ccc2c(C)c(C)cnc2c1.[CH3-].[CH3-].[CH3-].[Li+].[Mg+2]. The van der Waals surface area contributed by atoms with E-state index in [1.165, 1.54) is 72.1 Å². The Labute approximate surface area is 316 Å². The molecular weight excluding hydrogens is 578 g/mol. The zero-order valence-corrected chi connectivity index (χ0v) is 32.9. The predicted molar refractivity (Wildman–Crippen MR) is 211 cm³/mol. The Bertz CT molecular complexity index is 1790. The summed E-state index contributed by atoms with van der Waals surface area (Å²) in [5.41, 5.74) is 18.0. The summed E-state index contributed by atoms with van der Waals surface area (Å²) in [6, 6.07) is 19.9. The van der Waals surface area contributed by atoms with E-state index in [1.54, 1.807) is 0 Å². The molecule has 244 valence electrons. The van der Waals surface area contributed by atoms with Crippen molar-refractivity contribution in [2.75, 3.05) is 5.32 Å². The quantitative estimate of drug-likeness (QED) is 0.136. The first-order valence-corrected chi connectivity index (χ1v) is 14.6. The smallest absolute Gasteiger partial charge is 0.378 e. The van der Waals surface area contributed by atoms with Crippen LogP contribution in [-0.4, -0.2) is 39.1 Å². The van der Waals surface area contributed by atoms with Crippen LogP contribution in [0.15, 0.2) is 66.4 Å². The van der Waals surface area contributed by atoms with E-state index in [1.807, 2.05) is 6.20 Å². The first-order valence-electron chi connectivity index (χ1n) is 14.6. The first kappa shape index (κ1) is 48.8. The number of allylic oxidation sites excluding steroid dienone is 1. The van der Waals surface area contributed by atoms with Gasteiger partial charge in [0.25, 0.3) is 0 Å². The number of rotatable bonds is 0. The monoisotopic (exact) mass is 635 g/mol. The van der Waals surface area contributed by atoms with Gasteiger partial charge >= 0.3 is 41.9 Å². The van der Waals surface area contributed by atoms with Crippen LogP contribution < -0.4 is 24.2 Å². The second-order valence-electron chi connectivity index (χ2n) is 11.8. The van der Waals surface area contributed by atoms with E-state index in [0.717, 1.165) is 16.7 Å². The van der Waals surface area contributed by atoms with Crippen LogP contribution in [0, 0.1) is 77.7 Å². The van der Waals surface area contributed by atoms with Crippen LogP contribution in [0.1, 0.15) is 78.4 Å². The molecule has 3 aromatic carbocycles. The molecule has 47 heavy (non-hydrogen) atoms. The second kappa shape index (κ2) is 20.7. The normalized spacial score (nSPS) is 12.3. The molecule has 0 bridgehead atoms. The maximum Gasteiger partial charge on any atom is 2.00 e. The van der Waals surface area contributed by atoms with Crippen LogP contribution in [0.4, 0.5) is 5.69 Å². The van der Waals surface area contributed by atoms with Gasteiger partial charge in [-0.25, -0.2) is 0 Å². The number of aryl methyl sites for hydroxylation is 7. The zero-order chi connectivity index (χ0) is 30.0. The number of pyridine rings is 2. The van der Waals surface area contributed by atoms with E-state index in [2.05, 4.69) is 146 Å². The maximum absolute atomic E-state index is 4.60. The summed E-state index contributed by atoms with van der Waals surface area (Å²) < 4.78 is 0. The summed E-state index contributed by atoms with van der Waals surface area (Å²) in [4.78, 5) is 9.00. The van der Waals surface area contributed by atoms with Crippen molar-refractivity contribution in [1.82, 2.24) is 9.97 Å². The molecule has 6 rings (SSSR count). The van der Waals surface area contributed by atoms with Crippen molar-refractivity contribution in [3.05, 3.63) is 139 Å². The van der Waals surface area contributed by atoms with Gasteiger partial charge in [-0.05, 0) is 144 Å². The maximum atomic E-state index is 4.60. The van der Waals surface area contributed by atoms with E-state index in [-0.39, 0.29) is 71.6 Å². The molecule has 1 atom stereocenters. The van der Waals surface area contributed by atoms with Gasteiger partial charge in [0.2, 0.25) is 0 Å². The van der Waals surface area contributed by atoms with Crippen LogP contribution in [0.3, 0.4) is 0 Å². The van der Waals surface area contributed by atoms with Crippen molar-refractivity contribution in [2.45, 2.75) is 89.6 Å². The Morgan fingerprint density at radius 2 is 1.11 bits per heavy atom. The second-order valence-corrected chi connectivity index (χ2v) is 11.8. The summed E-state index contributed by atoms with van der Waals surface area (Å²) in [6.07, 6.45) is 1.94. The minimum Gasteiger partial charge on any atom is -0.378 e. The van der Waals surface area contributed by atoms with Crippen molar-refractivity contribution in [1.29, 1.82) is 0 Å². The summed E-state index contributed by atoms with van der Waals surface area (Å²) >= 11 is 0. The van der Waals surface area contributed by atoms with Gasteiger partial charge < -0.3 is 27.6 Å². The molecule has 5 aromatic rings. The fourth-order valence-corrected chi connectivity index (χ4v) is 5.31. The summed E-state index contributed by atoms with van der Waals surface area (Å²) in [5, 5.41) is 6.07. The van der Waals surface area contributed by atoms with E-state index >= 15 is 0 Å². The standard InChI is InChI=1S/C13H17N.C13H15N.C12H13N.CH4.3CH3.Li.Mg/c2*1-8-5-6-12-10(3)9(2)11(4)14-13(12)7-8;1-8-4-5-11-10(3)9(2)7-13-12(11)6-8;;;;;;/h5-7,11,14H,1-4H3;5-7H,1-4H3;4-7H,1-3H3;1H4;3*1H3;;/q;;;;3*-1;+1;+2. The molecule has 0 spiro atoms. The summed E-state index contributed by atoms with van der Waals surface area (Å²) in [5.74, 6) is 0. The van der Waals surface area contributed by atoms with Gasteiger partial charge in [-0.2, -0.15) is 0 Å². The molecular formula is C42H58LiMgN3. The molecule has 2 aromatic heterocycles. The molecule has 1 aliphatic rings. The minimum absolute atomic E-state index is 0. The fraction of sp³-hybridized carbons (Fsp3) is 0.310. The molecule has 0 saturated carbocycles. The molecule has 0 fully saturated rings. The van der Waals surface area contributed by atoms with Crippen molar-refractivity contribution in [3.8, 4) is 0 Å². The Hall–Kier alpha value is -2.62. The molecule has 1 N–H and O–H groups in total. The molecule has 3 heterocycles. The van der Waals surface area contributed by atoms with Crippen LogP contribution in [0.25, 0.3) is 27.4 Å². The Morgan fingerprint density at radius 1 is 0.617 bits per heavy atom. The summed E-state index contributed by atoms with van der Waals surface area (Å²) in [6.45, 7) is 23.6. The van der Waals surface area contributed by atoms with E-state index in [0.29, 0.717) is 6.04 Å². The van der Waals surface area contributed by atoms with Crippen molar-refractivity contribution in [3.63, 3.8) is 0 Å². The van der Waals surface area contributed by atoms with Gasteiger partial charge in [0.1, 0.15) is 0 Å². The summed E-state index contributed by atoms with van der Waals surface area (Å²) in [7, 11) is 0. The van der Waals surface area contributed by atoms with E-state index < -0.39 is 0 Å². The minimum atomic E-state index is 0. The van der Waals surface area contributed by atoms with Gasteiger partial charge in [0.15, 0.2) is 0 Å². The molecule has 0 saturated heterocycles. The molecule has 0 aliphatic carbocycles. The molecule has 0 radical (unpaired) electrons. The van der Waals surface area contributed by atoms with Gasteiger partial charge in [-0.1, -0.05) is 43.8 Å². The molecule has 1 unspecified atom stereocenters. The molecule has 5 heteroatoms. The average molecular weight is 636 g/mol. The van der Waals surface area contributed by atoms with Gasteiger partial charge in [0.05, 0.1) is 11.0 Å². The van der Waals surface area contributed by atoms with E-state index in [9.17, 15) is 0 Å². The third kappa shape index (κ3) is 11.2. The predicted octanol–water partition coefficient (Wildman–Crippen LogP) is 8.84. The zero-order valence-electron chi connectivity index (χ0n) is 31.5. The van der Waals surface area contributed by atoms with Crippen LogP contribution in [-0.2, 0) is 0 Å². The van der Waals surface area contributed by atoms with Crippen molar-refractivity contribution < 1.29 is 18.9 Å². The Morgan fingerprint density at radius 3 is 1.68 bits per heavy atom.